The fraction of sp³-hybridized carbons (Fsp3) is 0.556. The van der Waals surface area contributed by atoms with Crippen molar-refractivity contribution in [3.63, 3.8) is 0 Å². The smallest absolute Gasteiger partial charge is 0.224 e. The normalized spacial score (nSPS) is 18.1. The Morgan fingerprint density at radius 3 is 2.39 bits per heavy atom. The molecule has 0 aromatic carbocycles. The van der Waals surface area contributed by atoms with Crippen LogP contribution in [0.3, 0.4) is 0 Å². The van der Waals surface area contributed by atoms with Crippen LogP contribution in [0.15, 0.2) is 6.20 Å². The van der Waals surface area contributed by atoms with E-state index in [1.54, 1.807) is 0 Å². The number of anilines is 1. The molecule has 100 valence electrons. The lowest BCUT2D eigenvalue weighted by molar-refractivity contribution is 0.387. The Morgan fingerprint density at radius 2 is 1.83 bits per heavy atom. The molecule has 0 amide bonds. The number of rotatable bonds is 2. The lowest BCUT2D eigenvalue weighted by Gasteiger charge is -2.34. The van der Waals surface area contributed by atoms with Gasteiger partial charge < -0.3 is 4.90 Å². The summed E-state index contributed by atoms with van der Waals surface area (Å²) < 4.78 is 24.2. The van der Waals surface area contributed by atoms with Crippen LogP contribution < -0.4 is 4.90 Å². The number of nitrogens with zero attached hydrogens (tertiary/aromatic N) is 4. The molecule has 9 heteroatoms. The van der Waals surface area contributed by atoms with Gasteiger partial charge in [0.15, 0.2) is 5.82 Å². The van der Waals surface area contributed by atoms with Gasteiger partial charge in [-0.15, -0.1) is 0 Å². The van der Waals surface area contributed by atoms with E-state index in [1.165, 1.54) is 16.8 Å². The van der Waals surface area contributed by atoms with Crippen molar-refractivity contribution in [2.24, 2.45) is 0 Å². The number of halogens is 2. The molecule has 1 aromatic heterocycles. The van der Waals surface area contributed by atoms with Gasteiger partial charge in [-0.25, -0.2) is 13.4 Å². The quantitative estimate of drug-likeness (QED) is 0.758. The van der Waals surface area contributed by atoms with E-state index in [2.05, 4.69) is 9.97 Å². The first-order valence-corrected chi connectivity index (χ1v) is 7.86. The summed E-state index contributed by atoms with van der Waals surface area (Å²) >= 11 is 11.7. The molecule has 1 saturated heterocycles. The fourth-order valence-corrected chi connectivity index (χ4v) is 2.96. The van der Waals surface area contributed by atoms with Gasteiger partial charge in [-0.2, -0.15) is 9.29 Å². The first-order valence-electron chi connectivity index (χ1n) is 5.26. The second-order valence-electron chi connectivity index (χ2n) is 3.96. The van der Waals surface area contributed by atoms with E-state index in [0.717, 1.165) is 0 Å². The molecule has 6 nitrogen and oxygen atoms in total. The molecule has 1 aromatic rings. The fourth-order valence-electron chi connectivity index (χ4n) is 1.79. The Labute approximate surface area is 116 Å². The highest BCUT2D eigenvalue weighted by molar-refractivity contribution is 7.88. The van der Waals surface area contributed by atoms with Gasteiger partial charge in [0.05, 0.1) is 12.5 Å². The predicted octanol–water partition coefficient (Wildman–Crippen LogP) is 0.865. The maximum atomic E-state index is 11.4. The molecule has 0 unspecified atom stereocenters. The molecule has 2 rings (SSSR count). The summed E-state index contributed by atoms with van der Waals surface area (Å²) in [5, 5.41) is 0.534. The standard InChI is InChI=1S/C9H12Cl2N4O2S/c1-18(16,17)15-4-2-14(3-5-15)8-7(10)6-12-9(11)13-8/h6H,2-5H2,1H3. The molecule has 2 heterocycles. The molecule has 1 aliphatic heterocycles. The molecule has 0 N–H and O–H groups in total. The Bertz CT molecular complexity index is 543. The van der Waals surface area contributed by atoms with E-state index >= 15 is 0 Å². The summed E-state index contributed by atoms with van der Waals surface area (Å²) in [5.74, 6) is 0.546. The van der Waals surface area contributed by atoms with Gasteiger partial charge in [0, 0.05) is 26.2 Å². The van der Waals surface area contributed by atoms with Gasteiger partial charge in [-0.05, 0) is 11.6 Å². The molecule has 0 saturated carbocycles. The van der Waals surface area contributed by atoms with Crippen molar-refractivity contribution in [2.75, 3.05) is 37.3 Å². The third-order valence-corrected chi connectivity index (χ3v) is 4.46. The van der Waals surface area contributed by atoms with Crippen LogP contribution in [0.4, 0.5) is 5.82 Å². The summed E-state index contributed by atoms with van der Waals surface area (Å²) in [7, 11) is -3.13. The Kier molecular flexibility index (Phi) is 3.96. The van der Waals surface area contributed by atoms with Crippen LogP contribution >= 0.6 is 23.2 Å². The number of hydrogen-bond acceptors (Lipinski definition) is 5. The highest BCUT2D eigenvalue weighted by atomic mass is 35.5. The molecule has 0 bridgehead atoms. The van der Waals surface area contributed by atoms with E-state index in [9.17, 15) is 8.42 Å². The Morgan fingerprint density at radius 1 is 1.22 bits per heavy atom. The van der Waals surface area contributed by atoms with Crippen molar-refractivity contribution in [3.05, 3.63) is 16.5 Å². The van der Waals surface area contributed by atoms with Crippen molar-refractivity contribution in [1.82, 2.24) is 14.3 Å². The van der Waals surface area contributed by atoms with Gasteiger partial charge in [-0.1, -0.05) is 11.6 Å². The molecular weight excluding hydrogens is 299 g/mol. The minimum Gasteiger partial charge on any atom is -0.353 e. The number of sulfonamides is 1. The summed E-state index contributed by atoms with van der Waals surface area (Å²) in [6.07, 6.45) is 2.65. The van der Waals surface area contributed by atoms with Gasteiger partial charge >= 0.3 is 0 Å². The summed E-state index contributed by atoms with van der Waals surface area (Å²) in [6, 6.07) is 0. The summed E-state index contributed by atoms with van der Waals surface area (Å²) in [5.41, 5.74) is 0. The maximum absolute atomic E-state index is 11.4. The van der Waals surface area contributed by atoms with Gasteiger partial charge in [-0.3, -0.25) is 0 Å². The zero-order valence-corrected chi connectivity index (χ0v) is 12.0. The first-order chi connectivity index (χ1) is 8.38. The van der Waals surface area contributed by atoms with Crippen molar-refractivity contribution in [1.29, 1.82) is 0 Å². The lowest BCUT2D eigenvalue weighted by atomic mass is 10.3. The van der Waals surface area contributed by atoms with E-state index in [0.29, 0.717) is 37.0 Å². The number of aromatic nitrogens is 2. The van der Waals surface area contributed by atoms with Crippen LogP contribution in [0.5, 0.6) is 0 Å². The molecule has 0 radical (unpaired) electrons. The van der Waals surface area contributed by atoms with Crippen LogP contribution in [0.1, 0.15) is 0 Å². The molecule has 0 atom stereocenters. The van der Waals surface area contributed by atoms with Gasteiger partial charge in [0.1, 0.15) is 5.02 Å². The Balaban J connectivity index is 2.12. The topological polar surface area (TPSA) is 66.4 Å². The van der Waals surface area contributed by atoms with Crippen molar-refractivity contribution in [3.8, 4) is 0 Å². The van der Waals surface area contributed by atoms with Crippen molar-refractivity contribution < 1.29 is 8.42 Å². The SMILES string of the molecule is CS(=O)(=O)N1CCN(c2nc(Cl)ncc2Cl)CC1. The molecule has 18 heavy (non-hydrogen) atoms. The Hall–Kier alpha value is -0.630. The number of hydrogen-bond donors (Lipinski definition) is 0. The number of piperazine rings is 1. The van der Waals surface area contributed by atoms with E-state index in [1.807, 2.05) is 4.90 Å². The second-order valence-corrected chi connectivity index (χ2v) is 6.69. The van der Waals surface area contributed by atoms with Crippen LogP contribution in [-0.2, 0) is 10.0 Å². The third kappa shape index (κ3) is 3.03. The zero-order valence-electron chi connectivity index (χ0n) is 9.68. The molecule has 0 spiro atoms. The molecule has 0 aliphatic carbocycles. The van der Waals surface area contributed by atoms with Crippen molar-refractivity contribution in [2.45, 2.75) is 0 Å². The summed E-state index contributed by atoms with van der Waals surface area (Å²) in [6.45, 7) is 1.88. The first kappa shape index (κ1) is 13.8. The lowest BCUT2D eigenvalue weighted by Crippen LogP contribution is -2.48. The van der Waals surface area contributed by atoms with Crippen LogP contribution in [0.25, 0.3) is 0 Å². The van der Waals surface area contributed by atoms with Crippen molar-refractivity contribution >= 4 is 39.0 Å². The maximum Gasteiger partial charge on any atom is 0.224 e. The molecular formula is C9H12Cl2N4O2S. The highest BCUT2D eigenvalue weighted by Gasteiger charge is 2.25. The van der Waals surface area contributed by atoms with Crippen LogP contribution in [-0.4, -0.2) is 55.1 Å². The molecule has 1 aliphatic rings. The van der Waals surface area contributed by atoms with E-state index in [4.69, 9.17) is 23.2 Å². The van der Waals surface area contributed by atoms with E-state index < -0.39 is 10.0 Å². The van der Waals surface area contributed by atoms with E-state index in [-0.39, 0.29) is 5.28 Å². The largest absolute Gasteiger partial charge is 0.353 e. The average Bonchev–Trinajstić information content (AvgIpc) is 2.31. The van der Waals surface area contributed by atoms with Gasteiger partial charge in [0.25, 0.3) is 0 Å². The predicted molar refractivity (Wildman–Crippen MR) is 70.7 cm³/mol. The molecule has 1 fully saturated rings. The second kappa shape index (κ2) is 5.16. The minimum atomic E-state index is -3.13. The minimum absolute atomic E-state index is 0.125. The van der Waals surface area contributed by atoms with Crippen LogP contribution in [0.2, 0.25) is 10.3 Å². The monoisotopic (exact) mass is 310 g/mol. The third-order valence-electron chi connectivity index (χ3n) is 2.70. The average molecular weight is 311 g/mol. The van der Waals surface area contributed by atoms with Gasteiger partial charge in [0.2, 0.25) is 15.3 Å². The highest BCUT2D eigenvalue weighted by Crippen LogP contribution is 2.24. The summed E-state index contributed by atoms with van der Waals surface area (Å²) in [4.78, 5) is 9.74. The van der Waals surface area contributed by atoms with Crippen LogP contribution in [0, 0.1) is 0 Å². The zero-order chi connectivity index (χ0) is 13.3.